The second-order valence-corrected chi connectivity index (χ2v) is 12.6. The molecular weight excluding hydrogens is 644 g/mol. The molecule has 0 aliphatic carbocycles. The molecule has 0 aliphatic heterocycles. The highest BCUT2D eigenvalue weighted by molar-refractivity contribution is 5.87. The van der Waals surface area contributed by atoms with Crippen LogP contribution in [-0.2, 0) is 18.6 Å². The minimum Gasteiger partial charge on any atom is -0.495 e. The summed E-state index contributed by atoms with van der Waals surface area (Å²) < 4.78 is 17.5. The first-order valence-corrected chi connectivity index (χ1v) is 17.1. The predicted molar refractivity (Wildman–Crippen MR) is 197 cm³/mol. The van der Waals surface area contributed by atoms with E-state index in [1.54, 1.807) is 25.4 Å². The molecule has 6 aromatic rings. The van der Waals surface area contributed by atoms with Gasteiger partial charge in [-0.2, -0.15) is 0 Å². The van der Waals surface area contributed by atoms with Gasteiger partial charge in [0, 0.05) is 24.5 Å². The summed E-state index contributed by atoms with van der Waals surface area (Å²) in [7, 11) is 3.57. The van der Waals surface area contributed by atoms with E-state index in [0.29, 0.717) is 54.4 Å². The molecule has 0 saturated heterocycles. The third-order valence-corrected chi connectivity index (χ3v) is 8.95. The Bertz CT molecular complexity index is 2010. The van der Waals surface area contributed by atoms with Crippen molar-refractivity contribution in [1.82, 2.24) is 20.2 Å². The van der Waals surface area contributed by atoms with Gasteiger partial charge in [0.05, 0.1) is 38.1 Å². The van der Waals surface area contributed by atoms with Crippen LogP contribution in [0.4, 0.5) is 0 Å². The van der Waals surface area contributed by atoms with Crippen molar-refractivity contribution in [2.45, 2.75) is 31.1 Å². The Morgan fingerprint density at radius 1 is 0.941 bits per heavy atom. The van der Waals surface area contributed by atoms with E-state index in [0.717, 1.165) is 41.6 Å². The van der Waals surface area contributed by atoms with Crippen molar-refractivity contribution in [2.24, 2.45) is 0 Å². The van der Waals surface area contributed by atoms with Crippen LogP contribution < -0.4 is 20.3 Å². The SMILES string of the molecule is COc1ccc([C@@H](O)CNCCc2ccc(OCCCN(C)Cc3cnc(C(O)(c4ccccc4)c4ccccc4)o3)cc2)c2ccc(=O)[nH]c12. The van der Waals surface area contributed by atoms with Gasteiger partial charge in [0.25, 0.3) is 0 Å². The average Bonchev–Trinajstić information content (AvgIpc) is 3.64. The van der Waals surface area contributed by atoms with E-state index in [1.165, 1.54) is 6.07 Å². The fourth-order valence-corrected chi connectivity index (χ4v) is 6.23. The highest BCUT2D eigenvalue weighted by atomic mass is 16.5. The number of aromatic amines is 1. The van der Waals surface area contributed by atoms with Crippen molar-refractivity contribution in [3.8, 4) is 11.5 Å². The quantitative estimate of drug-likeness (QED) is 0.0908. The summed E-state index contributed by atoms with van der Waals surface area (Å²) in [5.74, 6) is 2.29. The largest absolute Gasteiger partial charge is 0.495 e. The third kappa shape index (κ3) is 8.56. The van der Waals surface area contributed by atoms with E-state index in [-0.39, 0.29) is 11.4 Å². The molecule has 4 aromatic carbocycles. The maximum Gasteiger partial charge on any atom is 0.248 e. The summed E-state index contributed by atoms with van der Waals surface area (Å²) >= 11 is 0. The van der Waals surface area contributed by atoms with Crippen LogP contribution in [0.5, 0.6) is 11.5 Å². The zero-order chi connectivity index (χ0) is 35.6. The van der Waals surface area contributed by atoms with E-state index in [2.05, 4.69) is 32.3 Å². The number of fused-ring (bicyclic) bond motifs is 1. The Kier molecular flexibility index (Phi) is 11.6. The van der Waals surface area contributed by atoms with Gasteiger partial charge in [-0.3, -0.25) is 9.69 Å². The van der Waals surface area contributed by atoms with Gasteiger partial charge in [0.2, 0.25) is 11.4 Å². The third-order valence-electron chi connectivity index (χ3n) is 8.95. The first kappa shape index (κ1) is 35.6. The van der Waals surface area contributed by atoms with E-state index in [1.807, 2.05) is 85.9 Å². The Balaban J connectivity index is 0.926. The number of aliphatic hydroxyl groups is 2. The molecule has 264 valence electrons. The Morgan fingerprint density at radius 2 is 1.65 bits per heavy atom. The standard InChI is InChI=1S/C41H44N4O6/c1-45(28-33-26-43-40(51-33)41(48,30-10-5-3-6-11-30)31-12-7-4-8-13-31)24-9-25-50-32-16-14-29(15-17-32)22-23-42-27-36(46)34-18-20-37(49-2)39-35(34)19-21-38(47)44-39/h3-8,10-21,26,36,42,46,48H,9,22-25,27-28H2,1-2H3,(H,44,47)/t36-/m0/s1. The first-order valence-electron chi connectivity index (χ1n) is 17.1. The molecule has 51 heavy (non-hydrogen) atoms. The summed E-state index contributed by atoms with van der Waals surface area (Å²) in [6.07, 6.45) is 2.56. The van der Waals surface area contributed by atoms with Crippen molar-refractivity contribution in [3.05, 3.63) is 160 Å². The van der Waals surface area contributed by atoms with E-state index < -0.39 is 11.7 Å². The molecule has 2 aromatic heterocycles. The average molecular weight is 689 g/mol. The lowest BCUT2D eigenvalue weighted by Crippen LogP contribution is -2.29. The van der Waals surface area contributed by atoms with Crippen LogP contribution in [0, 0.1) is 0 Å². The molecule has 0 bridgehead atoms. The van der Waals surface area contributed by atoms with Crippen LogP contribution in [0.1, 0.15) is 46.4 Å². The highest BCUT2D eigenvalue weighted by Crippen LogP contribution is 2.36. The summed E-state index contributed by atoms with van der Waals surface area (Å²) in [4.78, 5) is 21.3. The second-order valence-electron chi connectivity index (χ2n) is 12.6. The maximum atomic E-state index is 11.9. The molecule has 2 heterocycles. The number of H-pyrrole nitrogens is 1. The van der Waals surface area contributed by atoms with Crippen LogP contribution in [0.15, 0.2) is 125 Å². The Labute approximate surface area is 297 Å². The van der Waals surface area contributed by atoms with Crippen molar-refractivity contribution >= 4 is 10.9 Å². The van der Waals surface area contributed by atoms with Gasteiger partial charge in [-0.05, 0) is 73.0 Å². The summed E-state index contributed by atoms with van der Waals surface area (Å²) in [6, 6.07) is 33.7. The molecule has 10 nitrogen and oxygen atoms in total. The molecule has 0 radical (unpaired) electrons. The fraction of sp³-hybridized carbons (Fsp3) is 0.268. The molecule has 4 N–H and O–H groups in total. The number of hydrogen-bond acceptors (Lipinski definition) is 9. The number of nitrogens with zero attached hydrogens (tertiary/aromatic N) is 2. The normalized spacial score (nSPS) is 12.3. The summed E-state index contributed by atoms with van der Waals surface area (Å²) in [5.41, 5.74) is 2.13. The van der Waals surface area contributed by atoms with Gasteiger partial charge in [-0.1, -0.05) is 78.9 Å². The highest BCUT2D eigenvalue weighted by Gasteiger charge is 2.38. The first-order chi connectivity index (χ1) is 24.8. The van der Waals surface area contributed by atoms with Gasteiger partial charge < -0.3 is 34.4 Å². The molecular formula is C41H44N4O6. The summed E-state index contributed by atoms with van der Waals surface area (Å²) in [5, 5.41) is 26.9. The number of benzene rings is 4. The molecule has 0 saturated carbocycles. The predicted octanol–water partition coefficient (Wildman–Crippen LogP) is 5.58. The maximum absolute atomic E-state index is 11.9. The molecule has 1 atom stereocenters. The summed E-state index contributed by atoms with van der Waals surface area (Å²) in [6.45, 7) is 2.97. The number of ether oxygens (including phenoxy) is 2. The minimum absolute atomic E-state index is 0.220. The van der Waals surface area contributed by atoms with Crippen molar-refractivity contribution in [2.75, 3.05) is 40.4 Å². The molecule has 0 spiro atoms. The van der Waals surface area contributed by atoms with Gasteiger partial charge in [-0.25, -0.2) is 4.98 Å². The smallest absolute Gasteiger partial charge is 0.248 e. The van der Waals surface area contributed by atoms with Crippen molar-refractivity contribution in [3.63, 3.8) is 0 Å². The topological polar surface area (TPSA) is 133 Å². The lowest BCUT2D eigenvalue weighted by molar-refractivity contribution is 0.0899. The zero-order valence-corrected chi connectivity index (χ0v) is 28.9. The van der Waals surface area contributed by atoms with Crippen LogP contribution in [0.2, 0.25) is 0 Å². The number of oxazole rings is 1. The lowest BCUT2D eigenvalue weighted by Gasteiger charge is -2.26. The molecule has 0 amide bonds. The number of nitrogens with one attached hydrogen (secondary N) is 2. The number of aromatic nitrogens is 2. The van der Waals surface area contributed by atoms with Gasteiger partial charge >= 0.3 is 0 Å². The van der Waals surface area contributed by atoms with E-state index in [9.17, 15) is 15.0 Å². The zero-order valence-electron chi connectivity index (χ0n) is 28.9. The molecule has 0 unspecified atom stereocenters. The van der Waals surface area contributed by atoms with Crippen molar-refractivity contribution < 1.29 is 24.1 Å². The Morgan fingerprint density at radius 3 is 2.33 bits per heavy atom. The molecule has 0 fully saturated rings. The van der Waals surface area contributed by atoms with Gasteiger partial charge in [-0.15, -0.1) is 0 Å². The van der Waals surface area contributed by atoms with Crippen LogP contribution in [-0.4, -0.2) is 65.5 Å². The number of methoxy groups -OCH3 is 1. The molecule has 6 rings (SSSR count). The van der Waals surface area contributed by atoms with E-state index >= 15 is 0 Å². The number of hydrogen-bond donors (Lipinski definition) is 4. The van der Waals surface area contributed by atoms with Gasteiger partial charge in [0.1, 0.15) is 17.3 Å². The van der Waals surface area contributed by atoms with Crippen LogP contribution in [0.25, 0.3) is 10.9 Å². The molecule has 0 aliphatic rings. The molecule has 10 heteroatoms. The van der Waals surface area contributed by atoms with Gasteiger partial charge in [0.15, 0.2) is 5.60 Å². The monoisotopic (exact) mass is 688 g/mol. The Hall–Kier alpha value is -5.26. The van der Waals surface area contributed by atoms with Crippen LogP contribution >= 0.6 is 0 Å². The second kappa shape index (κ2) is 16.6. The minimum atomic E-state index is -1.50. The fourth-order valence-electron chi connectivity index (χ4n) is 6.23. The number of rotatable bonds is 17. The van der Waals surface area contributed by atoms with Crippen molar-refractivity contribution in [1.29, 1.82) is 0 Å². The van der Waals surface area contributed by atoms with Crippen LogP contribution in [0.3, 0.4) is 0 Å². The van der Waals surface area contributed by atoms with E-state index in [4.69, 9.17) is 13.9 Å². The number of aliphatic hydroxyl groups excluding tert-OH is 1. The number of pyridine rings is 1. The lowest BCUT2D eigenvalue weighted by atomic mass is 9.86.